The van der Waals surface area contributed by atoms with Crippen LogP contribution < -0.4 is 11.1 Å². The molecule has 0 spiro atoms. The topological polar surface area (TPSA) is 159 Å². The summed E-state index contributed by atoms with van der Waals surface area (Å²) in [6.07, 6.45) is -4.41. The molecule has 276 valence electrons. The molecule has 6 aromatic rings. The van der Waals surface area contributed by atoms with Crippen molar-refractivity contribution in [3.8, 4) is 23.2 Å². The van der Waals surface area contributed by atoms with Gasteiger partial charge in [0.1, 0.15) is 11.4 Å². The van der Waals surface area contributed by atoms with Gasteiger partial charge in [-0.2, -0.15) is 26.3 Å². The Labute approximate surface area is 297 Å². The fourth-order valence-electron chi connectivity index (χ4n) is 6.11. The molecule has 2 aromatic carbocycles. The summed E-state index contributed by atoms with van der Waals surface area (Å²) in [4.78, 5) is 20.0. The number of amides is 1. The largest absolute Gasteiger partial charge is 0.418 e. The highest BCUT2D eigenvalue weighted by Crippen LogP contribution is 2.46. The number of alkyl halides is 6. The number of pyridine rings is 2. The Kier molecular flexibility index (Phi) is 9.06. The van der Waals surface area contributed by atoms with Crippen molar-refractivity contribution in [2.45, 2.75) is 83.5 Å². The molecule has 17 heteroatoms. The smallest absolute Gasteiger partial charge is 0.402 e. The summed E-state index contributed by atoms with van der Waals surface area (Å²) >= 11 is 0. The molecule has 2 fully saturated rings. The van der Waals surface area contributed by atoms with Crippen molar-refractivity contribution in [3.05, 3.63) is 69.8 Å². The lowest BCUT2D eigenvalue weighted by Gasteiger charge is -2.14. The number of nitrogen functional groups attached to an aromatic ring is 1. The SMILES string of the molecule is CCCC(=O)Nc1nnc(-c2cc(C)c3cc(C4CC4)cc(C(F)(F)F)c3n2)o1.Cc1cc(-c2nnc(N)o2)nc2c(C(F)(F)F)cc(C3CC3)cc12. The maximum absolute atomic E-state index is 13.7. The van der Waals surface area contributed by atoms with Gasteiger partial charge in [-0.1, -0.05) is 17.1 Å². The van der Waals surface area contributed by atoms with Gasteiger partial charge < -0.3 is 14.6 Å². The van der Waals surface area contributed by atoms with E-state index in [0.29, 0.717) is 40.3 Å². The van der Waals surface area contributed by atoms with E-state index in [4.69, 9.17) is 14.6 Å². The molecule has 0 atom stereocenters. The Morgan fingerprint density at radius 2 is 1.21 bits per heavy atom. The summed E-state index contributed by atoms with van der Waals surface area (Å²) in [6, 6.07) is 8.97. The fourth-order valence-corrected chi connectivity index (χ4v) is 6.11. The zero-order valence-corrected chi connectivity index (χ0v) is 28.6. The quantitative estimate of drug-likeness (QED) is 0.151. The van der Waals surface area contributed by atoms with Gasteiger partial charge in [-0.05, 0) is 116 Å². The van der Waals surface area contributed by atoms with Crippen LogP contribution in [-0.4, -0.2) is 36.3 Å². The summed E-state index contributed by atoms with van der Waals surface area (Å²) in [6.45, 7) is 5.32. The first-order valence-electron chi connectivity index (χ1n) is 16.9. The van der Waals surface area contributed by atoms with Gasteiger partial charge in [0, 0.05) is 17.2 Å². The van der Waals surface area contributed by atoms with Crippen LogP contribution in [0.5, 0.6) is 0 Å². The van der Waals surface area contributed by atoms with E-state index in [1.165, 1.54) is 12.1 Å². The molecule has 53 heavy (non-hydrogen) atoms. The van der Waals surface area contributed by atoms with Gasteiger partial charge in [-0.3, -0.25) is 10.1 Å². The molecule has 8 rings (SSSR count). The van der Waals surface area contributed by atoms with Crippen LogP contribution in [0.4, 0.5) is 38.4 Å². The van der Waals surface area contributed by atoms with E-state index in [1.54, 1.807) is 38.1 Å². The van der Waals surface area contributed by atoms with Crippen molar-refractivity contribution in [2.75, 3.05) is 11.1 Å². The molecule has 0 radical (unpaired) electrons. The van der Waals surface area contributed by atoms with E-state index in [9.17, 15) is 31.1 Å². The lowest BCUT2D eigenvalue weighted by Crippen LogP contribution is -2.10. The van der Waals surface area contributed by atoms with Gasteiger partial charge in [0.2, 0.25) is 5.91 Å². The number of carbonyl (C=O) groups excluding carboxylic acids is 1. The number of nitrogens with two attached hydrogens (primary N) is 1. The number of aromatic nitrogens is 6. The number of aryl methyl sites for hydroxylation is 2. The third-order valence-electron chi connectivity index (χ3n) is 9.02. The fraction of sp³-hybridized carbons (Fsp3) is 0.361. The van der Waals surface area contributed by atoms with E-state index < -0.39 is 23.5 Å². The van der Waals surface area contributed by atoms with Crippen LogP contribution in [-0.2, 0) is 17.1 Å². The second-order valence-electron chi connectivity index (χ2n) is 13.3. The van der Waals surface area contributed by atoms with Crippen LogP contribution in [0.25, 0.3) is 45.0 Å². The van der Waals surface area contributed by atoms with Crippen molar-refractivity contribution in [2.24, 2.45) is 0 Å². The second kappa shape index (κ2) is 13.4. The average molecular weight is 739 g/mol. The average Bonchev–Trinajstić information content (AvgIpc) is 4.03. The molecular weight excluding hydrogens is 706 g/mol. The first-order valence-corrected chi connectivity index (χ1v) is 16.9. The molecule has 11 nitrogen and oxygen atoms in total. The van der Waals surface area contributed by atoms with Gasteiger partial charge in [-0.15, -0.1) is 10.2 Å². The molecule has 3 N–H and O–H groups in total. The molecule has 2 aliphatic rings. The number of fused-ring (bicyclic) bond motifs is 2. The number of hydrogen-bond donors (Lipinski definition) is 2. The van der Waals surface area contributed by atoms with Crippen LogP contribution in [0.2, 0.25) is 0 Å². The summed E-state index contributed by atoms with van der Waals surface area (Å²) in [5.41, 5.74) is 6.63. The number of nitrogens with one attached hydrogen (secondary N) is 1. The molecule has 0 aliphatic heterocycles. The normalized spacial score (nSPS) is 14.7. The minimum Gasteiger partial charge on any atom is -0.402 e. The lowest BCUT2D eigenvalue weighted by atomic mass is 9.98. The molecule has 1 amide bonds. The van der Waals surface area contributed by atoms with Gasteiger partial charge in [0.25, 0.3) is 11.8 Å². The highest BCUT2D eigenvalue weighted by Gasteiger charge is 2.38. The van der Waals surface area contributed by atoms with Crippen molar-refractivity contribution >= 4 is 39.7 Å². The summed E-state index contributed by atoms with van der Waals surface area (Å²) in [5.74, 6) is 0.0607. The first-order chi connectivity index (χ1) is 25.1. The highest BCUT2D eigenvalue weighted by atomic mass is 19.4. The minimum atomic E-state index is -4.53. The third kappa shape index (κ3) is 7.64. The second-order valence-corrected chi connectivity index (χ2v) is 13.3. The lowest BCUT2D eigenvalue weighted by molar-refractivity contribution is -0.137. The van der Waals surface area contributed by atoms with Gasteiger partial charge in [-0.25, -0.2) is 9.97 Å². The summed E-state index contributed by atoms with van der Waals surface area (Å²) < 4.78 is 92.3. The maximum atomic E-state index is 13.7. The maximum Gasteiger partial charge on any atom is 0.418 e. The number of halogens is 6. The molecule has 4 aromatic heterocycles. The standard InChI is InChI=1S/C20H19F3N4O2.C16H13F3N4O/c1-3-4-16(28)25-19-27-26-18(29-19)15-7-10(2)13-8-12(11-5-6-11)9-14(17(13)24-15)20(21,22)23;1-7-4-12(14-22-23-15(20)24-14)21-13-10(7)5-9(8-2-3-8)6-11(13)16(17,18)19/h7-9,11H,3-6H2,1-2H3,(H,25,27,28);4-6,8H,2-3H2,1H3,(H2,20,23). The van der Waals surface area contributed by atoms with Gasteiger partial charge in [0.05, 0.1) is 22.2 Å². The number of carbonyl (C=O) groups is 1. The zero-order valence-electron chi connectivity index (χ0n) is 28.6. The van der Waals surface area contributed by atoms with Gasteiger partial charge >= 0.3 is 24.4 Å². The van der Waals surface area contributed by atoms with Crippen molar-refractivity contribution < 1.29 is 40.0 Å². The number of rotatable bonds is 7. The zero-order chi connectivity index (χ0) is 37.8. The Morgan fingerprint density at radius 1 is 0.736 bits per heavy atom. The number of anilines is 2. The molecule has 0 saturated heterocycles. The molecule has 4 heterocycles. The molecule has 0 bridgehead atoms. The summed E-state index contributed by atoms with van der Waals surface area (Å²) in [7, 11) is 0. The van der Waals surface area contributed by atoms with E-state index in [0.717, 1.165) is 31.2 Å². The van der Waals surface area contributed by atoms with Crippen LogP contribution in [0.15, 0.2) is 45.2 Å². The first kappa shape index (κ1) is 35.8. The van der Waals surface area contributed by atoms with E-state index >= 15 is 0 Å². The predicted octanol–water partition coefficient (Wildman–Crippen LogP) is 9.30. The Morgan fingerprint density at radius 3 is 1.62 bits per heavy atom. The van der Waals surface area contributed by atoms with E-state index in [2.05, 4.69) is 35.7 Å². The number of hydrogen-bond acceptors (Lipinski definition) is 10. The van der Waals surface area contributed by atoms with Gasteiger partial charge in [0.15, 0.2) is 0 Å². The van der Waals surface area contributed by atoms with Crippen LogP contribution in [0, 0.1) is 13.8 Å². The minimum absolute atomic E-state index is 0.00288. The van der Waals surface area contributed by atoms with E-state index in [-0.39, 0.29) is 64.0 Å². The third-order valence-corrected chi connectivity index (χ3v) is 9.02. The molecule has 0 unspecified atom stereocenters. The molecular formula is C36H32F6N8O3. The molecule has 2 aliphatic carbocycles. The van der Waals surface area contributed by atoms with E-state index in [1.807, 2.05) is 6.92 Å². The van der Waals surface area contributed by atoms with Crippen molar-refractivity contribution in [1.82, 2.24) is 30.4 Å². The van der Waals surface area contributed by atoms with Crippen LogP contribution in [0.3, 0.4) is 0 Å². The predicted molar refractivity (Wildman–Crippen MR) is 181 cm³/mol. The monoisotopic (exact) mass is 738 g/mol. The Balaban J connectivity index is 0.000000167. The van der Waals surface area contributed by atoms with Crippen LogP contribution in [0.1, 0.15) is 90.7 Å². The summed E-state index contributed by atoms with van der Waals surface area (Å²) in [5, 5.41) is 18.2. The Hall–Kier alpha value is -5.61. The van der Waals surface area contributed by atoms with Crippen molar-refractivity contribution in [3.63, 3.8) is 0 Å². The number of nitrogens with zero attached hydrogens (tertiary/aromatic N) is 6. The van der Waals surface area contributed by atoms with Crippen LogP contribution >= 0.6 is 0 Å². The van der Waals surface area contributed by atoms with Crippen molar-refractivity contribution in [1.29, 1.82) is 0 Å². The highest BCUT2D eigenvalue weighted by molar-refractivity contribution is 5.90. The molecule has 2 saturated carbocycles. The number of benzene rings is 2. The Bertz CT molecular complexity index is 2360.